The number of hydrazine groups is 2. The van der Waals surface area contributed by atoms with Gasteiger partial charge in [-0.1, -0.05) is 48.5 Å². The van der Waals surface area contributed by atoms with Crippen LogP contribution in [0.25, 0.3) is 22.8 Å². The quantitative estimate of drug-likeness (QED) is 0.0846. The summed E-state index contributed by atoms with van der Waals surface area (Å²) in [5.74, 6) is 12.1. The van der Waals surface area contributed by atoms with Crippen LogP contribution in [-0.2, 0) is 12.4 Å². The van der Waals surface area contributed by atoms with Gasteiger partial charge in [0, 0.05) is 33.6 Å². The zero-order valence-electron chi connectivity index (χ0n) is 21.7. The molecule has 6 nitrogen and oxygen atoms in total. The van der Waals surface area contributed by atoms with Crippen molar-refractivity contribution < 1.29 is 26.3 Å². The average molecular weight is 583 g/mol. The second kappa shape index (κ2) is 11.1. The van der Waals surface area contributed by atoms with Crippen molar-refractivity contribution >= 4 is 34.2 Å². The molecule has 0 saturated heterocycles. The molecule has 216 valence electrons. The normalized spacial score (nSPS) is 17.0. The van der Waals surface area contributed by atoms with E-state index in [1.807, 2.05) is 0 Å². The van der Waals surface area contributed by atoms with E-state index >= 15 is 0 Å². The van der Waals surface area contributed by atoms with E-state index in [1.165, 1.54) is 24.3 Å². The first-order valence-corrected chi connectivity index (χ1v) is 12.5. The molecule has 4 aromatic carbocycles. The molecule has 0 aliphatic heterocycles. The molecule has 0 amide bonds. The molecule has 12 heteroatoms. The van der Waals surface area contributed by atoms with Crippen molar-refractivity contribution in [1.82, 2.24) is 10.9 Å². The van der Waals surface area contributed by atoms with E-state index in [0.717, 1.165) is 24.3 Å². The van der Waals surface area contributed by atoms with Crippen LogP contribution in [0.4, 0.5) is 37.7 Å². The van der Waals surface area contributed by atoms with Gasteiger partial charge >= 0.3 is 12.4 Å². The Kier molecular flexibility index (Phi) is 7.59. The Morgan fingerprint density at radius 3 is 0.952 bits per heavy atom. The Morgan fingerprint density at radius 1 is 0.405 bits per heavy atom. The van der Waals surface area contributed by atoms with Gasteiger partial charge in [0.1, 0.15) is 0 Å². The van der Waals surface area contributed by atoms with Gasteiger partial charge < -0.3 is 21.5 Å². The van der Waals surface area contributed by atoms with Crippen molar-refractivity contribution in [2.24, 2.45) is 11.7 Å². The number of anilines is 2. The van der Waals surface area contributed by atoms with Crippen LogP contribution in [0.15, 0.2) is 97.1 Å². The Hall–Kier alpha value is -4.94. The van der Waals surface area contributed by atoms with Gasteiger partial charge in [-0.2, -0.15) is 26.3 Å². The number of hydrogen-bond acceptors (Lipinski definition) is 6. The summed E-state index contributed by atoms with van der Waals surface area (Å²) in [6.45, 7) is 0. The third-order valence-electron chi connectivity index (χ3n) is 6.68. The minimum absolute atomic E-state index is 0.358. The van der Waals surface area contributed by atoms with E-state index in [9.17, 15) is 26.3 Å². The van der Waals surface area contributed by atoms with E-state index in [4.69, 9.17) is 11.7 Å². The van der Waals surface area contributed by atoms with E-state index in [-0.39, 0.29) is 0 Å². The first-order valence-electron chi connectivity index (χ1n) is 12.5. The molecule has 1 aliphatic carbocycles. The molecular formula is C30H24F6N6. The largest absolute Gasteiger partial charge is 0.416 e. The SMILES string of the molecule is NN/C1=C(\Nc2ccc(C(F)(F)F)cc2)c2ccccc2/C(Nc2ccc(C(F)(F)F)cc2)=C(/NN)c2ccccc21. The van der Waals surface area contributed by atoms with E-state index in [1.54, 1.807) is 48.5 Å². The number of hydrogen-bond donors (Lipinski definition) is 6. The van der Waals surface area contributed by atoms with Crippen LogP contribution in [0, 0.1) is 0 Å². The van der Waals surface area contributed by atoms with E-state index in [0.29, 0.717) is 56.4 Å². The van der Waals surface area contributed by atoms with Crippen LogP contribution in [0.1, 0.15) is 33.4 Å². The minimum atomic E-state index is -4.50. The average Bonchev–Trinajstić information content (AvgIpc) is 2.96. The van der Waals surface area contributed by atoms with Gasteiger partial charge in [-0.05, 0) is 48.5 Å². The Labute approximate surface area is 236 Å². The summed E-state index contributed by atoms with van der Waals surface area (Å²) in [4.78, 5) is 0. The Balaban J connectivity index is 1.70. The van der Waals surface area contributed by atoms with Crippen molar-refractivity contribution in [3.63, 3.8) is 0 Å². The molecule has 0 spiro atoms. The van der Waals surface area contributed by atoms with Crippen LogP contribution >= 0.6 is 0 Å². The highest BCUT2D eigenvalue weighted by atomic mass is 19.4. The molecule has 5 rings (SSSR count). The number of rotatable bonds is 6. The zero-order valence-corrected chi connectivity index (χ0v) is 21.7. The van der Waals surface area contributed by atoms with Gasteiger partial charge in [0.15, 0.2) is 0 Å². The van der Waals surface area contributed by atoms with Gasteiger partial charge in [-0.15, -0.1) is 0 Å². The van der Waals surface area contributed by atoms with Crippen LogP contribution in [-0.4, -0.2) is 0 Å². The third kappa shape index (κ3) is 5.62. The smallest absolute Gasteiger partial charge is 0.353 e. The highest BCUT2D eigenvalue weighted by Gasteiger charge is 2.31. The van der Waals surface area contributed by atoms with Gasteiger partial charge in [-0.3, -0.25) is 11.7 Å². The predicted molar refractivity (Wildman–Crippen MR) is 151 cm³/mol. The Bertz CT molecular complexity index is 1530. The molecule has 1 aliphatic rings. The van der Waals surface area contributed by atoms with Gasteiger partial charge in [0.2, 0.25) is 0 Å². The van der Waals surface area contributed by atoms with Crippen molar-refractivity contribution in [3.8, 4) is 0 Å². The highest BCUT2D eigenvalue weighted by Crippen LogP contribution is 2.40. The maximum atomic E-state index is 13.2. The number of alkyl halides is 6. The van der Waals surface area contributed by atoms with E-state index < -0.39 is 23.5 Å². The van der Waals surface area contributed by atoms with Crippen molar-refractivity contribution in [3.05, 3.63) is 130 Å². The number of nitrogens with one attached hydrogen (secondary N) is 4. The molecular weight excluding hydrogens is 558 g/mol. The molecule has 0 aromatic heterocycles. The summed E-state index contributed by atoms with van der Waals surface area (Å²) in [5, 5.41) is 6.42. The van der Waals surface area contributed by atoms with Crippen LogP contribution in [0.2, 0.25) is 0 Å². The first-order chi connectivity index (χ1) is 20.0. The third-order valence-corrected chi connectivity index (χ3v) is 6.68. The molecule has 0 heterocycles. The topological polar surface area (TPSA) is 100 Å². The lowest BCUT2D eigenvalue weighted by molar-refractivity contribution is -0.138. The Morgan fingerprint density at radius 2 is 0.690 bits per heavy atom. The zero-order chi connectivity index (χ0) is 30.1. The monoisotopic (exact) mass is 582 g/mol. The highest BCUT2D eigenvalue weighted by molar-refractivity contribution is 6.07. The van der Waals surface area contributed by atoms with Crippen LogP contribution < -0.4 is 33.2 Å². The number of halogens is 6. The molecule has 8 N–H and O–H groups in total. The first kappa shape index (κ1) is 28.6. The molecule has 0 bridgehead atoms. The molecule has 0 fully saturated rings. The fourth-order valence-corrected chi connectivity index (χ4v) is 4.71. The molecule has 0 radical (unpaired) electrons. The molecule has 0 unspecified atom stereocenters. The number of fused-ring (bicyclic) bond motifs is 2. The molecule has 0 atom stereocenters. The van der Waals surface area contributed by atoms with Gasteiger partial charge in [-0.25, -0.2) is 0 Å². The minimum Gasteiger partial charge on any atom is -0.353 e. The summed E-state index contributed by atoms with van der Waals surface area (Å²) in [6, 6.07) is 23.3. The number of benzene rings is 4. The summed E-state index contributed by atoms with van der Waals surface area (Å²) in [6.07, 6.45) is -8.99. The number of nitrogens with two attached hydrogens (primary N) is 2. The van der Waals surface area contributed by atoms with Crippen molar-refractivity contribution in [2.75, 3.05) is 10.6 Å². The predicted octanol–water partition coefficient (Wildman–Crippen LogP) is 6.84. The maximum absolute atomic E-state index is 13.2. The lowest BCUT2D eigenvalue weighted by Crippen LogP contribution is -2.29. The summed E-state index contributed by atoms with van der Waals surface area (Å²) < 4.78 is 79.1. The van der Waals surface area contributed by atoms with Crippen LogP contribution in [0.5, 0.6) is 0 Å². The fourth-order valence-electron chi connectivity index (χ4n) is 4.71. The molecule has 4 aromatic rings. The van der Waals surface area contributed by atoms with Crippen LogP contribution in [0.3, 0.4) is 0 Å². The fraction of sp³-hybridized carbons (Fsp3) is 0.0667. The summed E-state index contributed by atoms with van der Waals surface area (Å²) in [7, 11) is 0. The van der Waals surface area contributed by atoms with Gasteiger partial charge in [0.05, 0.1) is 33.9 Å². The summed E-state index contributed by atoms with van der Waals surface area (Å²) in [5.41, 5.74) is 8.58. The second-order valence-corrected chi connectivity index (χ2v) is 9.28. The van der Waals surface area contributed by atoms with Crippen molar-refractivity contribution in [1.29, 1.82) is 0 Å². The molecule has 0 saturated carbocycles. The molecule has 42 heavy (non-hydrogen) atoms. The lowest BCUT2D eigenvalue weighted by atomic mass is 9.90. The van der Waals surface area contributed by atoms with Gasteiger partial charge in [0.25, 0.3) is 0 Å². The van der Waals surface area contributed by atoms with E-state index in [2.05, 4.69) is 21.5 Å². The standard InChI is InChI=1S/C30H24F6N6/c31-29(32,33)17-9-13-19(14-10-17)39-25-21-5-1-2-6-22(21)26(40-20-15-11-18(12-16-20)30(34,35)36)28(42-38)24-8-4-3-7-23(24)27(25)41-37/h1-16,39-42H,37-38H2/b25-21?,26-22?,27-23?,27-25-,28-24?,28-26-. The lowest BCUT2D eigenvalue weighted by Gasteiger charge is -2.28. The second-order valence-electron chi connectivity index (χ2n) is 9.28. The maximum Gasteiger partial charge on any atom is 0.416 e. The summed E-state index contributed by atoms with van der Waals surface area (Å²) >= 11 is 0. The van der Waals surface area contributed by atoms with Crippen molar-refractivity contribution in [2.45, 2.75) is 12.4 Å².